The Bertz CT molecular complexity index is 891. The van der Waals surface area contributed by atoms with Gasteiger partial charge in [0.25, 0.3) is 0 Å². The summed E-state index contributed by atoms with van der Waals surface area (Å²) in [4.78, 5) is 12.6. The minimum Gasteiger partial charge on any atom is -0.374 e. The second-order valence-corrected chi connectivity index (χ2v) is 9.10. The van der Waals surface area contributed by atoms with E-state index in [1.165, 1.54) is 31.8 Å². The topological polar surface area (TPSA) is 78.5 Å². The van der Waals surface area contributed by atoms with E-state index in [-0.39, 0.29) is 10.8 Å². The minimum atomic E-state index is -3.55. The molecule has 0 aliphatic heterocycles. The fourth-order valence-corrected chi connectivity index (χ4v) is 3.42. The van der Waals surface area contributed by atoms with Crippen LogP contribution in [0.3, 0.4) is 0 Å². The second-order valence-electron chi connectivity index (χ2n) is 6.95. The maximum atomic E-state index is 12.5. The van der Waals surface area contributed by atoms with E-state index >= 15 is 0 Å². The van der Waals surface area contributed by atoms with Gasteiger partial charge in [0, 0.05) is 25.5 Å². The van der Waals surface area contributed by atoms with E-state index in [0.29, 0.717) is 11.6 Å². The Hall–Kier alpha value is -2.38. The Morgan fingerprint density at radius 3 is 2.15 bits per heavy atom. The predicted molar refractivity (Wildman–Crippen MR) is 110 cm³/mol. The lowest BCUT2D eigenvalue weighted by Gasteiger charge is -2.17. The Morgan fingerprint density at radius 1 is 0.963 bits per heavy atom. The number of sulfonamides is 1. The molecule has 0 saturated heterocycles. The largest absolute Gasteiger partial charge is 0.374 e. The molecule has 0 saturated carbocycles. The van der Waals surface area contributed by atoms with Crippen LogP contribution in [0.2, 0.25) is 0 Å². The van der Waals surface area contributed by atoms with E-state index in [1.54, 1.807) is 19.1 Å². The van der Waals surface area contributed by atoms with Gasteiger partial charge in [0.15, 0.2) is 0 Å². The Morgan fingerprint density at radius 2 is 1.59 bits per heavy atom. The van der Waals surface area contributed by atoms with Crippen molar-refractivity contribution >= 4 is 27.3 Å². The van der Waals surface area contributed by atoms with Crippen molar-refractivity contribution in [1.29, 1.82) is 0 Å². The third-order valence-corrected chi connectivity index (χ3v) is 6.05. The molecule has 2 aromatic carbocycles. The number of benzene rings is 2. The quantitative estimate of drug-likeness (QED) is 0.760. The fourth-order valence-electron chi connectivity index (χ4n) is 2.48. The monoisotopic (exact) mass is 389 g/mol. The highest BCUT2D eigenvalue weighted by Crippen LogP contribution is 2.20. The summed E-state index contributed by atoms with van der Waals surface area (Å²) in [6.45, 7) is 6.01. The molecule has 0 spiro atoms. The molecular weight excluding hydrogens is 362 g/mol. The lowest BCUT2D eigenvalue weighted by atomic mass is 10.0. The van der Waals surface area contributed by atoms with Gasteiger partial charge in [0.1, 0.15) is 6.04 Å². The molecule has 0 aliphatic rings. The molecule has 0 bridgehead atoms. The number of hydrogen-bond acceptors (Lipinski definition) is 4. The van der Waals surface area contributed by atoms with Gasteiger partial charge in [-0.3, -0.25) is 4.79 Å². The van der Waals surface area contributed by atoms with Crippen molar-refractivity contribution in [2.24, 2.45) is 0 Å². The SMILES string of the molecule is CC(Nc1ccc(C(C)C)cc1)C(=O)Nc1cccc(S(=O)(=O)N(C)C)c1. The Kier molecular flexibility index (Phi) is 6.62. The maximum Gasteiger partial charge on any atom is 0.246 e. The van der Waals surface area contributed by atoms with E-state index in [0.717, 1.165) is 9.99 Å². The minimum absolute atomic E-state index is 0.134. The zero-order chi connectivity index (χ0) is 20.2. The molecule has 0 aromatic heterocycles. The van der Waals surface area contributed by atoms with E-state index in [1.807, 2.05) is 24.3 Å². The van der Waals surface area contributed by atoms with Crippen molar-refractivity contribution in [2.75, 3.05) is 24.7 Å². The summed E-state index contributed by atoms with van der Waals surface area (Å²) < 4.78 is 25.6. The molecule has 6 nitrogen and oxygen atoms in total. The highest BCUT2D eigenvalue weighted by Gasteiger charge is 2.18. The number of hydrogen-bond donors (Lipinski definition) is 2. The van der Waals surface area contributed by atoms with Gasteiger partial charge in [-0.25, -0.2) is 12.7 Å². The van der Waals surface area contributed by atoms with Crippen molar-refractivity contribution in [2.45, 2.75) is 37.6 Å². The number of nitrogens with zero attached hydrogens (tertiary/aromatic N) is 1. The van der Waals surface area contributed by atoms with Crippen LogP contribution in [0.4, 0.5) is 11.4 Å². The summed E-state index contributed by atoms with van der Waals surface area (Å²) in [5, 5.41) is 5.91. The van der Waals surface area contributed by atoms with Crippen LogP contribution in [0.5, 0.6) is 0 Å². The normalized spacial score (nSPS) is 12.9. The molecule has 0 radical (unpaired) electrons. The summed E-state index contributed by atoms with van der Waals surface area (Å²) in [7, 11) is -0.610. The van der Waals surface area contributed by atoms with Crippen molar-refractivity contribution < 1.29 is 13.2 Å². The van der Waals surface area contributed by atoms with Crippen molar-refractivity contribution in [3.05, 3.63) is 54.1 Å². The Balaban J connectivity index is 2.06. The highest BCUT2D eigenvalue weighted by molar-refractivity contribution is 7.89. The van der Waals surface area contributed by atoms with Crippen LogP contribution >= 0.6 is 0 Å². The summed E-state index contributed by atoms with van der Waals surface area (Å²) in [6.07, 6.45) is 0. The number of carbonyl (C=O) groups excluding carboxylic acids is 1. The third-order valence-electron chi connectivity index (χ3n) is 4.23. The lowest BCUT2D eigenvalue weighted by Crippen LogP contribution is -2.32. The van der Waals surface area contributed by atoms with Crippen molar-refractivity contribution in [3.8, 4) is 0 Å². The van der Waals surface area contributed by atoms with Crippen molar-refractivity contribution in [3.63, 3.8) is 0 Å². The first-order chi connectivity index (χ1) is 12.6. The van der Waals surface area contributed by atoms with Crippen LogP contribution in [0.25, 0.3) is 0 Å². The van der Waals surface area contributed by atoms with Crippen LogP contribution < -0.4 is 10.6 Å². The van der Waals surface area contributed by atoms with Gasteiger partial charge in [0.2, 0.25) is 15.9 Å². The van der Waals surface area contributed by atoms with Crippen LogP contribution in [0, 0.1) is 0 Å². The zero-order valence-electron chi connectivity index (χ0n) is 16.4. The van der Waals surface area contributed by atoms with E-state index in [9.17, 15) is 13.2 Å². The van der Waals surface area contributed by atoms with E-state index < -0.39 is 16.1 Å². The second kappa shape index (κ2) is 8.54. The van der Waals surface area contributed by atoms with Crippen LogP contribution in [-0.4, -0.2) is 38.8 Å². The van der Waals surface area contributed by atoms with Gasteiger partial charge in [-0.05, 0) is 48.7 Å². The predicted octanol–water partition coefficient (Wildman–Crippen LogP) is 3.50. The van der Waals surface area contributed by atoms with Gasteiger partial charge in [-0.15, -0.1) is 0 Å². The fraction of sp³-hybridized carbons (Fsp3) is 0.350. The molecule has 146 valence electrons. The molecule has 0 aliphatic carbocycles. The Labute approximate surface area is 161 Å². The molecule has 1 amide bonds. The van der Waals surface area contributed by atoms with Crippen molar-refractivity contribution in [1.82, 2.24) is 4.31 Å². The third kappa shape index (κ3) is 5.30. The van der Waals surface area contributed by atoms with Gasteiger partial charge >= 0.3 is 0 Å². The number of anilines is 2. The standard InChI is InChI=1S/C20H27N3O3S/c1-14(2)16-9-11-17(12-10-16)21-15(3)20(24)22-18-7-6-8-19(13-18)27(25,26)23(4)5/h6-15,21H,1-5H3,(H,22,24). The smallest absolute Gasteiger partial charge is 0.246 e. The maximum absolute atomic E-state index is 12.5. The molecule has 0 heterocycles. The summed E-state index contributed by atoms with van der Waals surface area (Å²) in [5.74, 6) is 0.202. The average Bonchev–Trinajstić information content (AvgIpc) is 2.62. The lowest BCUT2D eigenvalue weighted by molar-refractivity contribution is -0.116. The first-order valence-electron chi connectivity index (χ1n) is 8.81. The number of rotatable bonds is 7. The van der Waals surface area contributed by atoms with Gasteiger partial charge in [-0.1, -0.05) is 32.0 Å². The zero-order valence-corrected chi connectivity index (χ0v) is 17.2. The molecule has 2 rings (SSSR count). The molecule has 7 heteroatoms. The summed E-state index contributed by atoms with van der Waals surface area (Å²) >= 11 is 0. The first-order valence-corrected chi connectivity index (χ1v) is 10.2. The van der Waals surface area contributed by atoms with Gasteiger partial charge < -0.3 is 10.6 Å². The van der Waals surface area contributed by atoms with Gasteiger partial charge in [0.05, 0.1) is 4.90 Å². The average molecular weight is 390 g/mol. The highest BCUT2D eigenvalue weighted by atomic mass is 32.2. The molecule has 2 N–H and O–H groups in total. The number of carbonyl (C=O) groups is 1. The van der Waals surface area contributed by atoms with Crippen LogP contribution in [-0.2, 0) is 14.8 Å². The molecule has 2 aromatic rings. The molecule has 0 fully saturated rings. The van der Waals surface area contributed by atoms with E-state index in [4.69, 9.17) is 0 Å². The van der Waals surface area contributed by atoms with Crippen LogP contribution in [0.1, 0.15) is 32.3 Å². The number of nitrogens with one attached hydrogen (secondary N) is 2. The molecule has 1 unspecified atom stereocenters. The summed E-state index contributed by atoms with van der Waals surface area (Å²) in [5.41, 5.74) is 2.52. The molecular formula is C20H27N3O3S. The number of amides is 1. The van der Waals surface area contributed by atoms with Crippen LogP contribution in [0.15, 0.2) is 53.4 Å². The molecule has 1 atom stereocenters. The summed E-state index contributed by atoms with van der Waals surface area (Å²) in [6, 6.07) is 13.7. The van der Waals surface area contributed by atoms with E-state index in [2.05, 4.69) is 24.5 Å². The first kappa shape index (κ1) is 20.9. The van der Waals surface area contributed by atoms with Gasteiger partial charge in [-0.2, -0.15) is 0 Å². The molecule has 27 heavy (non-hydrogen) atoms.